The zero-order chi connectivity index (χ0) is 11.9. The van der Waals surface area contributed by atoms with Gasteiger partial charge >= 0.3 is 0 Å². The molecule has 2 heteroatoms. The average molecular weight is 226 g/mol. The van der Waals surface area contributed by atoms with Crippen LogP contribution in [0.1, 0.15) is 30.4 Å². The van der Waals surface area contributed by atoms with Gasteiger partial charge in [-0.25, -0.2) is 0 Å². The number of fused-ring (bicyclic) bond motifs is 1. The van der Waals surface area contributed by atoms with Crippen molar-refractivity contribution in [2.24, 2.45) is 5.73 Å². The van der Waals surface area contributed by atoms with Crippen LogP contribution in [0, 0.1) is 6.92 Å². The molecule has 0 radical (unpaired) electrons. The Morgan fingerprint density at radius 1 is 1.29 bits per heavy atom. The fourth-order valence-electron chi connectivity index (χ4n) is 2.24. The molecule has 1 aromatic heterocycles. The van der Waals surface area contributed by atoms with Gasteiger partial charge in [-0.3, -0.25) is 4.98 Å². The second-order valence-corrected chi connectivity index (χ2v) is 5.40. The Balaban J connectivity index is 1.85. The molecule has 2 nitrogen and oxygen atoms in total. The van der Waals surface area contributed by atoms with Crippen molar-refractivity contribution in [3.05, 3.63) is 41.6 Å². The second-order valence-electron chi connectivity index (χ2n) is 5.40. The van der Waals surface area contributed by atoms with Crippen molar-refractivity contribution in [3.8, 4) is 0 Å². The first kappa shape index (κ1) is 10.7. The summed E-state index contributed by atoms with van der Waals surface area (Å²) in [5.74, 6) is 0. The van der Waals surface area contributed by atoms with Crippen LogP contribution < -0.4 is 5.73 Å². The highest BCUT2D eigenvalue weighted by Gasteiger charge is 2.37. The molecule has 88 valence electrons. The monoisotopic (exact) mass is 226 g/mol. The Bertz CT molecular complexity index is 556. The maximum atomic E-state index is 6.11. The third-order valence-electron chi connectivity index (χ3n) is 3.70. The molecule has 0 bridgehead atoms. The highest BCUT2D eigenvalue weighted by molar-refractivity contribution is 5.79. The van der Waals surface area contributed by atoms with E-state index in [0.717, 1.165) is 18.4 Å². The lowest BCUT2D eigenvalue weighted by molar-refractivity contribution is 0.609. The zero-order valence-corrected chi connectivity index (χ0v) is 10.2. The Kier molecular flexibility index (Phi) is 2.40. The lowest BCUT2D eigenvalue weighted by Crippen LogP contribution is -2.22. The van der Waals surface area contributed by atoms with E-state index in [0.29, 0.717) is 0 Å². The standard InChI is InChI=1S/C15H18N2/c1-11-2-3-14-13(8-11)9-12(10-17-14)4-5-15(16)6-7-15/h2-3,8-10H,4-7,16H2,1H3. The second kappa shape index (κ2) is 3.81. The predicted molar refractivity (Wildman–Crippen MR) is 71.0 cm³/mol. The number of hydrogen-bond donors (Lipinski definition) is 1. The molecule has 0 amide bonds. The summed E-state index contributed by atoms with van der Waals surface area (Å²) >= 11 is 0. The van der Waals surface area contributed by atoms with E-state index in [4.69, 9.17) is 5.73 Å². The SMILES string of the molecule is Cc1ccc2ncc(CCC3(N)CC3)cc2c1. The van der Waals surface area contributed by atoms with Gasteiger partial charge in [0.15, 0.2) is 0 Å². The van der Waals surface area contributed by atoms with E-state index >= 15 is 0 Å². The highest BCUT2D eigenvalue weighted by atomic mass is 14.8. The van der Waals surface area contributed by atoms with Crippen molar-refractivity contribution in [1.82, 2.24) is 4.98 Å². The summed E-state index contributed by atoms with van der Waals surface area (Å²) in [4.78, 5) is 4.50. The maximum absolute atomic E-state index is 6.11. The van der Waals surface area contributed by atoms with Gasteiger partial charge in [-0.1, -0.05) is 11.6 Å². The summed E-state index contributed by atoms with van der Waals surface area (Å²) in [7, 11) is 0. The fourth-order valence-corrected chi connectivity index (χ4v) is 2.24. The quantitative estimate of drug-likeness (QED) is 0.874. The normalized spacial score (nSPS) is 17.3. The molecule has 0 aliphatic heterocycles. The van der Waals surface area contributed by atoms with Crippen molar-refractivity contribution in [1.29, 1.82) is 0 Å². The minimum absolute atomic E-state index is 0.140. The maximum Gasteiger partial charge on any atom is 0.0702 e. The van der Waals surface area contributed by atoms with Crippen molar-refractivity contribution in [2.75, 3.05) is 0 Å². The van der Waals surface area contributed by atoms with Gasteiger partial charge < -0.3 is 5.73 Å². The van der Waals surface area contributed by atoms with Crippen LogP contribution in [0.15, 0.2) is 30.5 Å². The summed E-state index contributed by atoms with van der Waals surface area (Å²) in [6.45, 7) is 2.12. The Hall–Kier alpha value is -1.41. The van der Waals surface area contributed by atoms with Crippen molar-refractivity contribution >= 4 is 10.9 Å². The molecule has 0 atom stereocenters. The van der Waals surface area contributed by atoms with Crippen LogP contribution in [0.4, 0.5) is 0 Å². The molecular weight excluding hydrogens is 208 g/mol. The Labute approximate surface area is 102 Å². The van der Waals surface area contributed by atoms with E-state index in [9.17, 15) is 0 Å². The average Bonchev–Trinajstić information content (AvgIpc) is 3.05. The predicted octanol–water partition coefficient (Wildman–Crippen LogP) is 2.97. The van der Waals surface area contributed by atoms with Crippen molar-refractivity contribution in [3.63, 3.8) is 0 Å². The zero-order valence-electron chi connectivity index (χ0n) is 10.2. The van der Waals surface area contributed by atoms with Gasteiger partial charge in [0.05, 0.1) is 5.52 Å². The topological polar surface area (TPSA) is 38.9 Å². The largest absolute Gasteiger partial charge is 0.325 e. The first-order valence-electron chi connectivity index (χ1n) is 6.29. The van der Waals surface area contributed by atoms with Crippen LogP contribution in [-0.2, 0) is 6.42 Å². The molecule has 2 N–H and O–H groups in total. The first-order valence-corrected chi connectivity index (χ1v) is 6.29. The highest BCUT2D eigenvalue weighted by Crippen LogP contribution is 2.36. The Morgan fingerprint density at radius 2 is 2.12 bits per heavy atom. The number of hydrogen-bond acceptors (Lipinski definition) is 2. The molecule has 0 saturated heterocycles. The third kappa shape index (κ3) is 2.32. The molecular formula is C15H18N2. The number of pyridine rings is 1. The van der Waals surface area contributed by atoms with Crippen LogP contribution in [0.2, 0.25) is 0 Å². The molecule has 17 heavy (non-hydrogen) atoms. The van der Waals surface area contributed by atoms with E-state index in [1.807, 2.05) is 6.20 Å². The van der Waals surface area contributed by atoms with Gasteiger partial charge in [-0.15, -0.1) is 0 Å². The Morgan fingerprint density at radius 3 is 2.88 bits per heavy atom. The number of aryl methyl sites for hydroxylation is 2. The van der Waals surface area contributed by atoms with Crippen LogP contribution in [0.5, 0.6) is 0 Å². The lowest BCUT2D eigenvalue weighted by atomic mass is 10.0. The summed E-state index contributed by atoms with van der Waals surface area (Å²) in [5.41, 5.74) is 9.92. The minimum atomic E-state index is 0.140. The molecule has 1 fully saturated rings. The van der Waals surface area contributed by atoms with Crippen molar-refractivity contribution < 1.29 is 0 Å². The summed E-state index contributed by atoms with van der Waals surface area (Å²) < 4.78 is 0. The smallest absolute Gasteiger partial charge is 0.0702 e. The number of nitrogens with zero attached hydrogens (tertiary/aromatic N) is 1. The van der Waals surface area contributed by atoms with Gasteiger partial charge in [0.1, 0.15) is 0 Å². The molecule has 1 heterocycles. The minimum Gasteiger partial charge on any atom is -0.325 e. The van der Waals surface area contributed by atoms with E-state index in [1.54, 1.807) is 0 Å². The van der Waals surface area contributed by atoms with Gasteiger partial charge in [0.25, 0.3) is 0 Å². The van der Waals surface area contributed by atoms with Crippen molar-refractivity contribution in [2.45, 2.75) is 38.1 Å². The number of nitrogens with two attached hydrogens (primary N) is 1. The van der Waals surface area contributed by atoms with E-state index < -0.39 is 0 Å². The third-order valence-corrected chi connectivity index (χ3v) is 3.70. The lowest BCUT2D eigenvalue weighted by Gasteiger charge is -2.08. The molecule has 1 aliphatic carbocycles. The van der Waals surface area contributed by atoms with E-state index in [1.165, 1.54) is 29.4 Å². The molecule has 3 rings (SSSR count). The molecule has 0 spiro atoms. The molecule has 0 unspecified atom stereocenters. The summed E-state index contributed by atoms with van der Waals surface area (Å²) in [5, 5.41) is 1.24. The molecule has 1 aromatic carbocycles. The molecule has 1 aliphatic rings. The van der Waals surface area contributed by atoms with E-state index in [2.05, 4.69) is 36.2 Å². The van der Waals surface area contributed by atoms with Crippen LogP contribution in [0.25, 0.3) is 10.9 Å². The summed E-state index contributed by atoms with van der Waals surface area (Å²) in [6.07, 6.45) is 6.50. The van der Waals surface area contributed by atoms with Crippen LogP contribution in [-0.4, -0.2) is 10.5 Å². The first-order chi connectivity index (χ1) is 8.15. The number of benzene rings is 1. The van der Waals surface area contributed by atoms with Gasteiger partial charge in [-0.2, -0.15) is 0 Å². The fraction of sp³-hybridized carbons (Fsp3) is 0.400. The number of aromatic nitrogens is 1. The number of rotatable bonds is 3. The van der Waals surface area contributed by atoms with Gasteiger partial charge in [0, 0.05) is 17.1 Å². The molecule has 2 aromatic rings. The van der Waals surface area contributed by atoms with Gasteiger partial charge in [0.2, 0.25) is 0 Å². The van der Waals surface area contributed by atoms with Gasteiger partial charge in [-0.05, 0) is 56.4 Å². The summed E-state index contributed by atoms with van der Waals surface area (Å²) in [6, 6.07) is 8.64. The van der Waals surface area contributed by atoms with E-state index in [-0.39, 0.29) is 5.54 Å². The molecule has 1 saturated carbocycles. The van der Waals surface area contributed by atoms with Crippen LogP contribution in [0.3, 0.4) is 0 Å². The van der Waals surface area contributed by atoms with Crippen LogP contribution >= 0.6 is 0 Å².